The quantitative estimate of drug-likeness (QED) is 0.866. The number of hydrogen-bond acceptors (Lipinski definition) is 2. The van der Waals surface area contributed by atoms with E-state index in [0.717, 1.165) is 26.2 Å². The predicted octanol–water partition coefficient (Wildman–Crippen LogP) is 4.52. The minimum atomic E-state index is -0.126. The summed E-state index contributed by atoms with van der Waals surface area (Å²) in [5, 5.41) is 4.83. The summed E-state index contributed by atoms with van der Waals surface area (Å²) in [4.78, 5) is 0. The molecule has 0 saturated carbocycles. The van der Waals surface area contributed by atoms with E-state index < -0.39 is 0 Å². The van der Waals surface area contributed by atoms with E-state index in [4.69, 9.17) is 17.3 Å². The fourth-order valence-corrected chi connectivity index (χ4v) is 3.39. The van der Waals surface area contributed by atoms with Crippen LogP contribution in [0.1, 0.15) is 22.7 Å². The Kier molecular flexibility index (Phi) is 3.70. The van der Waals surface area contributed by atoms with Gasteiger partial charge in [0.15, 0.2) is 0 Å². The molecular weight excluding hydrogens is 306 g/mol. The number of benzene rings is 1. The van der Waals surface area contributed by atoms with Crippen LogP contribution in [0.4, 0.5) is 0 Å². The van der Waals surface area contributed by atoms with Crippen molar-refractivity contribution in [2.45, 2.75) is 13.0 Å². The topological polar surface area (TPSA) is 26.0 Å². The molecule has 84 valence electrons. The van der Waals surface area contributed by atoms with Crippen molar-refractivity contribution in [1.29, 1.82) is 0 Å². The van der Waals surface area contributed by atoms with E-state index in [2.05, 4.69) is 21.3 Å². The van der Waals surface area contributed by atoms with Gasteiger partial charge < -0.3 is 5.73 Å². The normalized spacial score (nSPS) is 12.8. The van der Waals surface area contributed by atoms with Crippen LogP contribution in [-0.4, -0.2) is 0 Å². The minimum absolute atomic E-state index is 0.126. The van der Waals surface area contributed by atoms with E-state index in [1.807, 2.05) is 30.5 Å². The minimum Gasteiger partial charge on any atom is -0.320 e. The molecule has 1 aromatic heterocycles. The van der Waals surface area contributed by atoms with Crippen molar-refractivity contribution >= 4 is 38.9 Å². The fourth-order valence-electron chi connectivity index (χ4n) is 1.63. The van der Waals surface area contributed by atoms with Crippen molar-refractivity contribution in [2.24, 2.45) is 5.73 Å². The Hall–Kier alpha value is -0.350. The highest BCUT2D eigenvalue weighted by Crippen LogP contribution is 2.32. The number of hydrogen-bond donors (Lipinski definition) is 1. The second-order valence-corrected chi connectivity index (χ2v) is 5.69. The molecule has 2 N–H and O–H groups in total. The summed E-state index contributed by atoms with van der Waals surface area (Å²) in [6.07, 6.45) is 0. The standard InChI is InChI=1S/C12H11BrClNS/c1-7-2-3-8(14)4-9(7)12(15)10-5-16-6-11(10)13/h2-6,12H,15H2,1H3. The molecule has 0 saturated heterocycles. The van der Waals surface area contributed by atoms with Crippen LogP contribution in [0.2, 0.25) is 5.02 Å². The fraction of sp³-hybridized carbons (Fsp3) is 0.167. The lowest BCUT2D eigenvalue weighted by atomic mass is 9.98. The highest BCUT2D eigenvalue weighted by atomic mass is 79.9. The van der Waals surface area contributed by atoms with Gasteiger partial charge in [-0.1, -0.05) is 17.7 Å². The zero-order chi connectivity index (χ0) is 11.7. The number of rotatable bonds is 2. The van der Waals surface area contributed by atoms with Gasteiger partial charge in [0.2, 0.25) is 0 Å². The molecule has 1 unspecified atom stereocenters. The van der Waals surface area contributed by atoms with Gasteiger partial charge in [-0.25, -0.2) is 0 Å². The van der Waals surface area contributed by atoms with Crippen LogP contribution in [0.25, 0.3) is 0 Å². The van der Waals surface area contributed by atoms with Crippen LogP contribution in [0.3, 0.4) is 0 Å². The molecule has 16 heavy (non-hydrogen) atoms. The van der Waals surface area contributed by atoms with E-state index in [9.17, 15) is 0 Å². The number of halogens is 2. The molecule has 4 heteroatoms. The molecule has 1 atom stereocenters. The first-order valence-electron chi connectivity index (χ1n) is 4.83. The predicted molar refractivity (Wildman–Crippen MR) is 74.2 cm³/mol. The lowest BCUT2D eigenvalue weighted by molar-refractivity contribution is 0.862. The molecule has 2 aromatic rings. The lowest BCUT2D eigenvalue weighted by Gasteiger charge is -2.14. The van der Waals surface area contributed by atoms with Gasteiger partial charge in [0.25, 0.3) is 0 Å². The Morgan fingerprint density at radius 2 is 2.06 bits per heavy atom. The summed E-state index contributed by atoms with van der Waals surface area (Å²) in [5.41, 5.74) is 9.59. The Morgan fingerprint density at radius 3 is 2.69 bits per heavy atom. The smallest absolute Gasteiger partial charge is 0.0574 e. The highest BCUT2D eigenvalue weighted by Gasteiger charge is 2.15. The molecule has 1 nitrogen and oxygen atoms in total. The molecule has 0 aliphatic carbocycles. The Balaban J connectivity index is 2.45. The molecule has 0 spiro atoms. The average molecular weight is 317 g/mol. The number of aryl methyl sites for hydroxylation is 1. The first-order valence-corrected chi connectivity index (χ1v) is 6.94. The van der Waals surface area contributed by atoms with Crippen molar-refractivity contribution in [3.63, 3.8) is 0 Å². The van der Waals surface area contributed by atoms with E-state index in [1.165, 1.54) is 0 Å². The maximum Gasteiger partial charge on any atom is 0.0574 e. The molecular formula is C12H11BrClNS. The van der Waals surface area contributed by atoms with Gasteiger partial charge in [-0.2, -0.15) is 11.3 Å². The van der Waals surface area contributed by atoms with Crippen molar-refractivity contribution in [1.82, 2.24) is 0 Å². The Labute approximate surface area is 112 Å². The van der Waals surface area contributed by atoms with Crippen LogP contribution < -0.4 is 5.73 Å². The van der Waals surface area contributed by atoms with Gasteiger partial charge in [0.1, 0.15) is 0 Å². The van der Waals surface area contributed by atoms with E-state index in [-0.39, 0.29) is 6.04 Å². The maximum absolute atomic E-state index is 6.25. The van der Waals surface area contributed by atoms with Gasteiger partial charge in [-0.3, -0.25) is 0 Å². The maximum atomic E-state index is 6.25. The number of thiophene rings is 1. The average Bonchev–Trinajstić information content (AvgIpc) is 2.67. The van der Waals surface area contributed by atoms with Crippen LogP contribution in [0.5, 0.6) is 0 Å². The molecule has 0 radical (unpaired) electrons. The summed E-state index contributed by atoms with van der Waals surface area (Å²) >= 11 is 11.1. The highest BCUT2D eigenvalue weighted by molar-refractivity contribution is 9.10. The Bertz CT molecular complexity index is 509. The summed E-state index contributed by atoms with van der Waals surface area (Å²) in [7, 11) is 0. The van der Waals surface area contributed by atoms with Gasteiger partial charge in [-0.05, 0) is 57.1 Å². The second-order valence-electron chi connectivity index (χ2n) is 3.65. The Morgan fingerprint density at radius 1 is 1.31 bits per heavy atom. The van der Waals surface area contributed by atoms with Gasteiger partial charge >= 0.3 is 0 Å². The van der Waals surface area contributed by atoms with Gasteiger partial charge in [0.05, 0.1) is 6.04 Å². The first-order chi connectivity index (χ1) is 7.59. The van der Waals surface area contributed by atoms with E-state index >= 15 is 0 Å². The zero-order valence-electron chi connectivity index (χ0n) is 8.71. The van der Waals surface area contributed by atoms with Crippen LogP contribution in [-0.2, 0) is 0 Å². The monoisotopic (exact) mass is 315 g/mol. The van der Waals surface area contributed by atoms with Crippen molar-refractivity contribution in [3.05, 3.63) is 55.1 Å². The third-order valence-electron chi connectivity index (χ3n) is 2.55. The van der Waals surface area contributed by atoms with Crippen LogP contribution in [0.15, 0.2) is 33.4 Å². The molecule has 0 bridgehead atoms. The van der Waals surface area contributed by atoms with Crippen LogP contribution in [0, 0.1) is 6.92 Å². The first kappa shape index (κ1) is 12.1. The summed E-state index contributed by atoms with van der Waals surface area (Å²) < 4.78 is 1.06. The largest absolute Gasteiger partial charge is 0.320 e. The summed E-state index contributed by atoms with van der Waals surface area (Å²) in [6, 6.07) is 5.69. The molecule has 0 aliphatic heterocycles. The summed E-state index contributed by atoms with van der Waals surface area (Å²) in [5.74, 6) is 0. The third kappa shape index (κ3) is 2.33. The molecule has 0 amide bonds. The summed E-state index contributed by atoms with van der Waals surface area (Å²) in [6.45, 7) is 2.05. The van der Waals surface area contributed by atoms with E-state index in [0.29, 0.717) is 0 Å². The molecule has 2 rings (SSSR count). The van der Waals surface area contributed by atoms with E-state index in [1.54, 1.807) is 11.3 Å². The molecule has 0 aliphatic rings. The lowest BCUT2D eigenvalue weighted by Crippen LogP contribution is -2.12. The third-order valence-corrected chi connectivity index (χ3v) is 4.54. The molecule has 0 fully saturated rings. The molecule has 1 heterocycles. The molecule has 1 aromatic carbocycles. The van der Waals surface area contributed by atoms with Crippen LogP contribution >= 0.6 is 38.9 Å². The SMILES string of the molecule is Cc1ccc(Cl)cc1C(N)c1cscc1Br. The number of nitrogens with two attached hydrogens (primary N) is 1. The van der Waals surface area contributed by atoms with Gasteiger partial charge in [-0.15, -0.1) is 0 Å². The van der Waals surface area contributed by atoms with Crippen molar-refractivity contribution < 1.29 is 0 Å². The van der Waals surface area contributed by atoms with Crippen molar-refractivity contribution in [2.75, 3.05) is 0 Å². The second kappa shape index (κ2) is 4.88. The van der Waals surface area contributed by atoms with Crippen molar-refractivity contribution in [3.8, 4) is 0 Å². The van der Waals surface area contributed by atoms with Gasteiger partial charge in [0, 0.05) is 14.9 Å². The zero-order valence-corrected chi connectivity index (χ0v) is 11.9.